The maximum atomic E-state index is 11.6. The normalized spacial score (nSPS) is 37.7. The number of urea groups is 1. The van der Waals surface area contributed by atoms with E-state index in [1.54, 1.807) is 0 Å². The first kappa shape index (κ1) is 8.23. The highest BCUT2D eigenvalue weighted by Gasteiger charge is 2.52. The summed E-state index contributed by atoms with van der Waals surface area (Å²) in [6.45, 7) is 1.62. The minimum atomic E-state index is -0.611. The molecule has 1 spiro atoms. The lowest BCUT2D eigenvalue weighted by molar-refractivity contribution is -0.123. The van der Waals surface area contributed by atoms with Gasteiger partial charge in [-0.15, -0.1) is 0 Å². The molecule has 76 valence electrons. The number of imide groups is 1. The Hall–Kier alpha value is -1.10. The SMILES string of the molecule is O=C1NC(=O)[C@]2(CCN(C3CC3)C2)N1. The van der Waals surface area contributed by atoms with Gasteiger partial charge < -0.3 is 5.32 Å². The second kappa shape index (κ2) is 2.48. The number of amides is 3. The number of hydrogen-bond donors (Lipinski definition) is 2. The molecule has 0 aromatic rings. The number of hydrogen-bond acceptors (Lipinski definition) is 3. The second-order valence-corrected chi connectivity index (χ2v) is 4.44. The van der Waals surface area contributed by atoms with Crippen LogP contribution in [-0.2, 0) is 4.79 Å². The van der Waals surface area contributed by atoms with Crippen molar-refractivity contribution in [2.45, 2.75) is 30.8 Å². The Morgan fingerprint density at radius 2 is 2.14 bits per heavy atom. The predicted octanol–water partition coefficient (Wildman–Crippen LogP) is -0.567. The zero-order valence-electron chi connectivity index (χ0n) is 7.88. The minimum absolute atomic E-state index is 0.148. The fourth-order valence-corrected chi connectivity index (χ4v) is 2.41. The summed E-state index contributed by atoms with van der Waals surface area (Å²) in [4.78, 5) is 24.9. The molecule has 0 aromatic carbocycles. The quantitative estimate of drug-likeness (QED) is 0.551. The molecule has 3 rings (SSSR count). The van der Waals surface area contributed by atoms with Crippen molar-refractivity contribution in [2.24, 2.45) is 0 Å². The maximum Gasteiger partial charge on any atom is 0.322 e. The van der Waals surface area contributed by atoms with Gasteiger partial charge in [0.1, 0.15) is 5.54 Å². The van der Waals surface area contributed by atoms with E-state index in [0.717, 1.165) is 13.0 Å². The topological polar surface area (TPSA) is 61.4 Å². The van der Waals surface area contributed by atoms with Crippen LogP contribution >= 0.6 is 0 Å². The number of rotatable bonds is 1. The standard InChI is InChI=1S/C9H13N3O2/c13-7-9(11-8(14)10-7)3-4-12(5-9)6-1-2-6/h6H,1-5H2,(H2,10,11,13,14)/t9-/m1/s1. The van der Waals surface area contributed by atoms with Gasteiger partial charge in [0.2, 0.25) is 0 Å². The molecule has 2 heterocycles. The van der Waals surface area contributed by atoms with Gasteiger partial charge in [-0.1, -0.05) is 0 Å². The highest BCUT2D eigenvalue weighted by atomic mass is 16.2. The Bertz CT molecular complexity index is 313. The van der Waals surface area contributed by atoms with Crippen LogP contribution in [0.2, 0.25) is 0 Å². The fraction of sp³-hybridized carbons (Fsp3) is 0.778. The molecule has 1 saturated carbocycles. The van der Waals surface area contributed by atoms with Crippen LogP contribution in [0.1, 0.15) is 19.3 Å². The molecule has 3 fully saturated rings. The second-order valence-electron chi connectivity index (χ2n) is 4.44. The van der Waals surface area contributed by atoms with E-state index in [1.165, 1.54) is 12.8 Å². The van der Waals surface area contributed by atoms with Crippen LogP contribution in [0.5, 0.6) is 0 Å². The van der Waals surface area contributed by atoms with Crippen LogP contribution in [0.15, 0.2) is 0 Å². The molecule has 2 aliphatic heterocycles. The van der Waals surface area contributed by atoms with Crippen molar-refractivity contribution in [3.8, 4) is 0 Å². The first-order valence-electron chi connectivity index (χ1n) is 5.07. The van der Waals surface area contributed by atoms with Crippen LogP contribution in [0.4, 0.5) is 4.79 Å². The molecule has 3 amide bonds. The summed E-state index contributed by atoms with van der Waals surface area (Å²) in [5.74, 6) is -0.148. The lowest BCUT2D eigenvalue weighted by atomic mass is 10.00. The molecule has 1 atom stereocenters. The molecule has 0 bridgehead atoms. The molecule has 0 radical (unpaired) electrons. The van der Waals surface area contributed by atoms with E-state index in [2.05, 4.69) is 15.5 Å². The zero-order valence-corrected chi connectivity index (χ0v) is 7.88. The largest absolute Gasteiger partial charge is 0.322 e. The Labute approximate surface area is 81.8 Å². The van der Waals surface area contributed by atoms with Gasteiger partial charge in [-0.05, 0) is 19.3 Å². The first-order chi connectivity index (χ1) is 6.70. The summed E-state index contributed by atoms with van der Waals surface area (Å²) in [5.41, 5.74) is -0.611. The summed E-state index contributed by atoms with van der Waals surface area (Å²) in [7, 11) is 0. The number of carbonyl (C=O) groups excluding carboxylic acids is 2. The number of carbonyl (C=O) groups is 2. The van der Waals surface area contributed by atoms with Crippen LogP contribution in [0.25, 0.3) is 0 Å². The van der Waals surface area contributed by atoms with Crippen molar-refractivity contribution in [3.05, 3.63) is 0 Å². The summed E-state index contributed by atoms with van der Waals surface area (Å²) in [6.07, 6.45) is 3.23. The van der Waals surface area contributed by atoms with E-state index >= 15 is 0 Å². The Kier molecular flexibility index (Phi) is 1.45. The van der Waals surface area contributed by atoms with E-state index in [4.69, 9.17) is 0 Å². The molecule has 2 saturated heterocycles. The Morgan fingerprint density at radius 3 is 2.71 bits per heavy atom. The molecule has 1 aliphatic carbocycles. The smallest absolute Gasteiger partial charge is 0.322 e. The van der Waals surface area contributed by atoms with Gasteiger partial charge in [0, 0.05) is 19.1 Å². The molecule has 14 heavy (non-hydrogen) atoms. The van der Waals surface area contributed by atoms with Crippen molar-refractivity contribution < 1.29 is 9.59 Å². The monoisotopic (exact) mass is 195 g/mol. The molecule has 5 nitrogen and oxygen atoms in total. The first-order valence-corrected chi connectivity index (χ1v) is 5.07. The number of likely N-dealkylation sites (tertiary alicyclic amines) is 1. The molecule has 0 unspecified atom stereocenters. The van der Waals surface area contributed by atoms with E-state index in [0.29, 0.717) is 12.6 Å². The summed E-state index contributed by atoms with van der Waals surface area (Å²) >= 11 is 0. The Morgan fingerprint density at radius 1 is 1.36 bits per heavy atom. The maximum absolute atomic E-state index is 11.6. The third-order valence-electron chi connectivity index (χ3n) is 3.38. The van der Waals surface area contributed by atoms with Gasteiger partial charge in [-0.3, -0.25) is 15.0 Å². The third kappa shape index (κ3) is 1.05. The van der Waals surface area contributed by atoms with Crippen LogP contribution in [-0.4, -0.2) is 41.5 Å². The van der Waals surface area contributed by atoms with Crippen molar-refractivity contribution in [3.63, 3.8) is 0 Å². The minimum Gasteiger partial charge on any atom is -0.322 e. The number of nitrogens with one attached hydrogen (secondary N) is 2. The summed E-state index contributed by atoms with van der Waals surface area (Å²) in [5, 5.41) is 5.06. The van der Waals surface area contributed by atoms with Gasteiger partial charge in [0.15, 0.2) is 0 Å². The van der Waals surface area contributed by atoms with Crippen molar-refractivity contribution in [1.82, 2.24) is 15.5 Å². The van der Waals surface area contributed by atoms with E-state index in [1.807, 2.05) is 0 Å². The van der Waals surface area contributed by atoms with Crippen LogP contribution < -0.4 is 10.6 Å². The van der Waals surface area contributed by atoms with Gasteiger partial charge >= 0.3 is 6.03 Å². The Balaban J connectivity index is 1.78. The van der Waals surface area contributed by atoms with Gasteiger partial charge in [-0.25, -0.2) is 4.79 Å². The van der Waals surface area contributed by atoms with Gasteiger partial charge in [-0.2, -0.15) is 0 Å². The van der Waals surface area contributed by atoms with Gasteiger partial charge in [0.25, 0.3) is 5.91 Å². The molecule has 2 N–H and O–H groups in total. The average molecular weight is 195 g/mol. The summed E-state index contributed by atoms with van der Waals surface area (Å²) in [6, 6.07) is 0.326. The van der Waals surface area contributed by atoms with E-state index in [-0.39, 0.29) is 11.9 Å². The van der Waals surface area contributed by atoms with Crippen molar-refractivity contribution >= 4 is 11.9 Å². The van der Waals surface area contributed by atoms with E-state index < -0.39 is 5.54 Å². The highest BCUT2D eigenvalue weighted by molar-refractivity contribution is 6.07. The van der Waals surface area contributed by atoms with Crippen molar-refractivity contribution in [2.75, 3.05) is 13.1 Å². The predicted molar refractivity (Wildman–Crippen MR) is 48.6 cm³/mol. The number of nitrogens with zero attached hydrogens (tertiary/aromatic N) is 1. The van der Waals surface area contributed by atoms with Gasteiger partial charge in [0.05, 0.1) is 0 Å². The highest BCUT2D eigenvalue weighted by Crippen LogP contribution is 2.34. The summed E-state index contributed by atoms with van der Waals surface area (Å²) < 4.78 is 0. The third-order valence-corrected chi connectivity index (χ3v) is 3.38. The fourth-order valence-electron chi connectivity index (χ4n) is 2.41. The lowest BCUT2D eigenvalue weighted by Crippen LogP contribution is -2.49. The van der Waals surface area contributed by atoms with Crippen molar-refractivity contribution in [1.29, 1.82) is 0 Å². The molecular weight excluding hydrogens is 182 g/mol. The van der Waals surface area contributed by atoms with Crippen LogP contribution in [0, 0.1) is 0 Å². The lowest BCUT2D eigenvalue weighted by Gasteiger charge is -2.20. The molecular formula is C9H13N3O2. The van der Waals surface area contributed by atoms with Crippen LogP contribution in [0.3, 0.4) is 0 Å². The molecule has 0 aromatic heterocycles. The molecule has 5 heteroatoms. The van der Waals surface area contributed by atoms with E-state index in [9.17, 15) is 9.59 Å². The average Bonchev–Trinajstić information content (AvgIpc) is 2.83. The zero-order chi connectivity index (χ0) is 9.76. The molecule has 3 aliphatic rings.